The molecule has 3 amide bonds. The van der Waals surface area contributed by atoms with Crippen LogP contribution in [-0.2, 0) is 41.8 Å². The van der Waals surface area contributed by atoms with Crippen molar-refractivity contribution in [1.29, 1.82) is 0 Å². The van der Waals surface area contributed by atoms with Crippen LogP contribution in [0.2, 0.25) is 0 Å². The normalized spacial score (nSPS) is 13.6. The van der Waals surface area contributed by atoms with E-state index < -0.39 is 11.9 Å². The van der Waals surface area contributed by atoms with Crippen molar-refractivity contribution in [3.63, 3.8) is 0 Å². The lowest BCUT2D eigenvalue weighted by Crippen LogP contribution is -2.37. The lowest BCUT2D eigenvalue weighted by molar-refractivity contribution is -0.140. The summed E-state index contributed by atoms with van der Waals surface area (Å²) in [5.74, 6) is -2.63. The smallest absolute Gasteiger partial charge is 0.335 e. The Kier molecular flexibility index (Phi) is 13.1. The van der Waals surface area contributed by atoms with E-state index in [4.69, 9.17) is 10.2 Å². The zero-order valence-corrected chi connectivity index (χ0v) is 32.0. The summed E-state index contributed by atoms with van der Waals surface area (Å²) in [6, 6.07) is 22.7. The van der Waals surface area contributed by atoms with Gasteiger partial charge in [0.05, 0.1) is 17.5 Å². The highest BCUT2D eigenvalue weighted by Gasteiger charge is 2.30. The number of aromatic carboxylic acids is 1. The number of carboxylic acids is 2. The first kappa shape index (κ1) is 39.4. The fraction of sp³-hybridized carbons (Fsp3) is 0.372. The van der Waals surface area contributed by atoms with Crippen LogP contribution in [0.25, 0.3) is 0 Å². The van der Waals surface area contributed by atoms with Gasteiger partial charge in [-0.25, -0.2) is 4.79 Å². The molecule has 1 fully saturated rings. The van der Waals surface area contributed by atoms with Crippen LogP contribution in [-0.4, -0.2) is 75.9 Å². The molecule has 3 aromatic carbocycles. The van der Waals surface area contributed by atoms with Gasteiger partial charge in [-0.15, -0.1) is 11.3 Å². The molecule has 4 aromatic rings. The third kappa shape index (κ3) is 10.9. The number of carboxylic acid groups (broad SMARTS) is 2. The number of nitrogens with one attached hydrogen (secondary N) is 2. The van der Waals surface area contributed by atoms with Crippen molar-refractivity contribution >= 4 is 51.7 Å². The van der Waals surface area contributed by atoms with Gasteiger partial charge < -0.3 is 25.7 Å². The molecule has 0 unspecified atom stereocenters. The van der Waals surface area contributed by atoms with Crippen molar-refractivity contribution in [1.82, 2.24) is 9.80 Å². The van der Waals surface area contributed by atoms with E-state index in [1.807, 2.05) is 54.6 Å². The van der Waals surface area contributed by atoms with Crippen molar-refractivity contribution in [3.05, 3.63) is 117 Å². The summed E-state index contributed by atoms with van der Waals surface area (Å²) in [5.41, 5.74) is 6.20. The Morgan fingerprint density at radius 2 is 1.45 bits per heavy atom. The highest BCUT2D eigenvalue weighted by molar-refractivity contribution is 7.17. The Morgan fingerprint density at radius 1 is 0.764 bits per heavy atom. The van der Waals surface area contributed by atoms with Crippen LogP contribution in [0.5, 0.6) is 0 Å². The zero-order chi connectivity index (χ0) is 38.9. The second-order valence-electron chi connectivity index (χ2n) is 14.5. The zero-order valence-electron chi connectivity index (χ0n) is 31.1. The van der Waals surface area contributed by atoms with Crippen LogP contribution in [0.15, 0.2) is 72.8 Å². The molecule has 55 heavy (non-hydrogen) atoms. The van der Waals surface area contributed by atoms with Crippen molar-refractivity contribution in [2.24, 2.45) is 0 Å². The van der Waals surface area contributed by atoms with Gasteiger partial charge in [0.1, 0.15) is 5.00 Å². The molecule has 0 spiro atoms. The van der Waals surface area contributed by atoms with Gasteiger partial charge in [-0.1, -0.05) is 36.4 Å². The molecule has 1 saturated carbocycles. The number of carbonyl (C=O) groups excluding carboxylic acids is 3. The van der Waals surface area contributed by atoms with Crippen molar-refractivity contribution in [2.45, 2.75) is 83.2 Å². The number of rotatable bonds is 18. The lowest BCUT2D eigenvalue weighted by Gasteiger charge is -2.26. The number of anilines is 2. The number of fused-ring (bicyclic) bond motifs is 1. The van der Waals surface area contributed by atoms with E-state index in [1.54, 1.807) is 30.1 Å². The molecule has 0 atom stereocenters. The first-order chi connectivity index (χ1) is 26.5. The van der Waals surface area contributed by atoms with Crippen LogP contribution < -0.4 is 10.6 Å². The van der Waals surface area contributed by atoms with E-state index in [2.05, 4.69) is 15.5 Å². The maximum Gasteiger partial charge on any atom is 0.335 e. The fourth-order valence-corrected chi connectivity index (χ4v) is 8.29. The Hall–Kier alpha value is -5.33. The number of carbonyl (C=O) groups is 5. The molecule has 1 heterocycles. The monoisotopic (exact) mass is 764 g/mol. The van der Waals surface area contributed by atoms with E-state index in [9.17, 15) is 24.0 Å². The molecule has 11 nitrogen and oxygen atoms in total. The van der Waals surface area contributed by atoms with Gasteiger partial charge in [-0.3, -0.25) is 24.1 Å². The quantitative estimate of drug-likeness (QED) is 0.0823. The SMILES string of the molecule is CN(CCN(Cc1cccc(C(=O)Nc2sc3c(c2C(=O)Nc2ccc(CCCc4ccc(C(=O)O)cc4)cc2)CCCC3)c1)C1CC1)C(=O)CCC(=O)O. The van der Waals surface area contributed by atoms with Gasteiger partial charge in [0, 0.05) is 55.3 Å². The van der Waals surface area contributed by atoms with Crippen molar-refractivity contribution in [3.8, 4) is 0 Å². The van der Waals surface area contributed by atoms with Gasteiger partial charge in [-0.2, -0.15) is 0 Å². The minimum Gasteiger partial charge on any atom is -0.481 e. The average molecular weight is 765 g/mol. The molecule has 0 saturated heterocycles. The third-order valence-electron chi connectivity index (χ3n) is 10.3. The van der Waals surface area contributed by atoms with Crippen LogP contribution in [0.4, 0.5) is 10.7 Å². The van der Waals surface area contributed by atoms with Gasteiger partial charge in [0.15, 0.2) is 0 Å². The van der Waals surface area contributed by atoms with Crippen LogP contribution in [0.3, 0.4) is 0 Å². The number of aliphatic carboxylic acids is 1. The van der Waals surface area contributed by atoms with Crippen LogP contribution in [0, 0.1) is 0 Å². The topological polar surface area (TPSA) is 156 Å². The van der Waals surface area contributed by atoms with Crippen LogP contribution in [0.1, 0.15) is 103 Å². The summed E-state index contributed by atoms with van der Waals surface area (Å²) in [7, 11) is 1.70. The predicted molar refractivity (Wildman–Crippen MR) is 213 cm³/mol. The number of nitrogens with zero attached hydrogens (tertiary/aromatic N) is 2. The highest BCUT2D eigenvalue weighted by Crippen LogP contribution is 2.39. The standard InChI is InChI=1S/C43H48N4O7S/c1-46(37(48)22-23-38(49)50)24-25-47(34-20-21-34)27-30-8-5-9-32(26-30)40(51)45-42-39(35-10-2-3-11-36(35)55-42)41(52)44-33-18-14-29(15-19-33)7-4-6-28-12-16-31(17-13-28)43(53)54/h5,8-9,12-19,26,34H,2-4,6-7,10-11,20-25,27H2,1H3,(H,44,52)(H,45,51)(H,49,50)(H,53,54). The van der Waals surface area contributed by atoms with Crippen LogP contribution >= 0.6 is 11.3 Å². The largest absolute Gasteiger partial charge is 0.481 e. The number of hydrogen-bond acceptors (Lipinski definition) is 7. The minimum atomic E-state index is -0.987. The minimum absolute atomic E-state index is 0.0196. The predicted octanol–water partition coefficient (Wildman–Crippen LogP) is 7.29. The molecule has 4 N–H and O–H groups in total. The highest BCUT2D eigenvalue weighted by atomic mass is 32.1. The molecule has 0 aliphatic heterocycles. The van der Waals surface area contributed by atoms with Gasteiger partial charge >= 0.3 is 11.9 Å². The van der Waals surface area contributed by atoms with E-state index in [0.29, 0.717) is 47.5 Å². The summed E-state index contributed by atoms with van der Waals surface area (Å²) < 4.78 is 0. The molecule has 6 rings (SSSR count). The van der Waals surface area contributed by atoms with Gasteiger partial charge in [-0.05, 0) is 116 Å². The summed E-state index contributed by atoms with van der Waals surface area (Å²) >= 11 is 1.48. The summed E-state index contributed by atoms with van der Waals surface area (Å²) in [4.78, 5) is 67.0. The van der Waals surface area contributed by atoms with E-state index >= 15 is 0 Å². The molecule has 0 radical (unpaired) electrons. The molecule has 288 valence electrons. The molecule has 0 bridgehead atoms. The average Bonchev–Trinajstić information content (AvgIpc) is 3.96. The summed E-state index contributed by atoms with van der Waals surface area (Å²) in [6.45, 7) is 1.75. The molecule has 2 aliphatic rings. The number of benzene rings is 3. The Labute approximate surface area is 325 Å². The van der Waals surface area contributed by atoms with E-state index in [-0.39, 0.29) is 36.1 Å². The second-order valence-corrected chi connectivity index (χ2v) is 15.6. The Morgan fingerprint density at radius 3 is 2.13 bits per heavy atom. The molecular formula is C43H48N4O7S. The lowest BCUT2D eigenvalue weighted by atomic mass is 9.95. The molecule has 12 heteroatoms. The Balaban J connectivity index is 1.07. The maximum atomic E-state index is 13.9. The summed E-state index contributed by atoms with van der Waals surface area (Å²) in [6.07, 6.45) is 8.22. The van der Waals surface area contributed by atoms with Gasteiger partial charge in [0.25, 0.3) is 11.8 Å². The Bertz CT molecular complexity index is 2020. The molecule has 1 aromatic heterocycles. The van der Waals surface area contributed by atoms with Gasteiger partial charge in [0.2, 0.25) is 5.91 Å². The van der Waals surface area contributed by atoms with E-state index in [1.165, 1.54) is 11.3 Å². The van der Waals surface area contributed by atoms with E-state index in [0.717, 1.165) is 84.9 Å². The first-order valence-electron chi connectivity index (χ1n) is 19.0. The number of likely N-dealkylation sites (N-methyl/N-ethyl adjacent to an activating group) is 1. The number of hydrogen-bond donors (Lipinski definition) is 4. The third-order valence-corrected chi connectivity index (χ3v) is 11.5. The number of thiophene rings is 1. The summed E-state index contributed by atoms with van der Waals surface area (Å²) in [5, 5.41) is 24.7. The van der Waals surface area contributed by atoms with Crippen molar-refractivity contribution < 1.29 is 34.2 Å². The maximum absolute atomic E-state index is 13.9. The fourth-order valence-electron chi connectivity index (χ4n) is 7.01. The number of aryl methyl sites for hydroxylation is 3. The molecule has 2 aliphatic carbocycles. The first-order valence-corrected chi connectivity index (χ1v) is 19.8. The molecular weight excluding hydrogens is 717 g/mol. The second kappa shape index (κ2) is 18.3. The number of amides is 3. The van der Waals surface area contributed by atoms with Crippen molar-refractivity contribution in [2.75, 3.05) is 30.8 Å².